The van der Waals surface area contributed by atoms with Crippen molar-refractivity contribution in [1.82, 2.24) is 10.2 Å². The minimum Gasteiger partial charge on any atom is -0.497 e. The van der Waals surface area contributed by atoms with E-state index in [4.69, 9.17) is 32.7 Å². The molecule has 12 heteroatoms. The first-order chi connectivity index (χ1) is 19.8. The van der Waals surface area contributed by atoms with E-state index in [-0.39, 0.29) is 34.2 Å². The third-order valence-electron chi connectivity index (χ3n) is 6.46. The lowest BCUT2D eigenvalue weighted by Gasteiger charge is -2.49. The second-order valence-electron chi connectivity index (χ2n) is 9.06. The molecule has 3 amide bonds. The average Bonchev–Trinajstić information content (AvgIpc) is 2.99. The van der Waals surface area contributed by atoms with E-state index in [0.29, 0.717) is 22.0 Å². The van der Waals surface area contributed by atoms with Crippen LogP contribution in [0, 0.1) is 0 Å². The van der Waals surface area contributed by atoms with Gasteiger partial charge in [-0.25, -0.2) is 4.79 Å². The van der Waals surface area contributed by atoms with E-state index in [0.717, 1.165) is 0 Å². The molecular weight excluding hydrogens is 589 g/mol. The number of benzene rings is 3. The van der Waals surface area contributed by atoms with Gasteiger partial charge in [0.2, 0.25) is 0 Å². The first-order valence-corrected chi connectivity index (χ1v) is 14.2. The second kappa shape index (κ2) is 12.3. The Bertz CT molecular complexity index is 1550. The number of carbonyl (C=O) groups is 4. The molecule has 3 aromatic rings. The fourth-order valence-electron chi connectivity index (χ4n) is 4.31. The molecule has 2 aliphatic rings. The number of fused-ring (bicyclic) bond motifs is 1. The van der Waals surface area contributed by atoms with Crippen molar-refractivity contribution in [3.8, 4) is 5.75 Å². The van der Waals surface area contributed by atoms with Crippen molar-refractivity contribution < 1.29 is 28.7 Å². The van der Waals surface area contributed by atoms with Crippen LogP contribution in [-0.2, 0) is 25.7 Å². The maximum Gasteiger partial charge on any atom is 0.355 e. The summed E-state index contributed by atoms with van der Waals surface area (Å²) in [6.45, 7) is -0.0861. The summed E-state index contributed by atoms with van der Waals surface area (Å²) in [6.07, 6.45) is 0. The monoisotopic (exact) mass is 611 g/mol. The van der Waals surface area contributed by atoms with E-state index < -0.39 is 35.1 Å². The number of nitrogens with zero attached hydrogens (tertiary/aromatic N) is 1. The molecule has 41 heavy (non-hydrogen) atoms. The summed E-state index contributed by atoms with van der Waals surface area (Å²) in [5.74, 6) is -1.67. The molecule has 5 rings (SSSR count). The van der Waals surface area contributed by atoms with Gasteiger partial charge in [-0.2, -0.15) is 0 Å². The fraction of sp³-hybridized carbons (Fsp3) is 0.172. The van der Waals surface area contributed by atoms with Crippen LogP contribution in [0.15, 0.2) is 84.1 Å². The number of esters is 1. The lowest BCUT2D eigenvalue weighted by Crippen LogP contribution is -2.70. The van der Waals surface area contributed by atoms with Crippen molar-refractivity contribution in [2.24, 2.45) is 0 Å². The summed E-state index contributed by atoms with van der Waals surface area (Å²) in [6, 6.07) is 19.2. The molecule has 2 heterocycles. The smallest absolute Gasteiger partial charge is 0.355 e. The Labute approximate surface area is 249 Å². The van der Waals surface area contributed by atoms with Gasteiger partial charge in [0.25, 0.3) is 17.7 Å². The minimum absolute atomic E-state index is 0.0861. The predicted octanol–water partition coefficient (Wildman–Crippen LogP) is 4.65. The number of amides is 3. The van der Waals surface area contributed by atoms with Gasteiger partial charge >= 0.3 is 5.97 Å². The van der Waals surface area contributed by atoms with Gasteiger partial charge in [0.15, 0.2) is 0 Å². The number of ether oxygens (including phenoxy) is 2. The molecular formula is C29H23Cl2N3O6S. The van der Waals surface area contributed by atoms with Gasteiger partial charge in [-0.05, 0) is 48.0 Å². The topological polar surface area (TPSA) is 114 Å². The molecule has 0 saturated carbocycles. The number of anilines is 1. The molecule has 2 atom stereocenters. The normalized spacial score (nSPS) is 17.7. The number of halogens is 2. The van der Waals surface area contributed by atoms with Crippen LogP contribution in [0.1, 0.15) is 15.9 Å². The van der Waals surface area contributed by atoms with Gasteiger partial charge in [-0.1, -0.05) is 53.5 Å². The van der Waals surface area contributed by atoms with Crippen molar-refractivity contribution in [1.29, 1.82) is 0 Å². The van der Waals surface area contributed by atoms with E-state index in [1.165, 1.54) is 34.9 Å². The van der Waals surface area contributed by atoms with Crippen molar-refractivity contribution in [2.45, 2.75) is 18.0 Å². The highest BCUT2D eigenvalue weighted by atomic mass is 35.5. The number of methoxy groups -OCH3 is 1. The molecule has 1 saturated heterocycles. The van der Waals surface area contributed by atoms with E-state index in [2.05, 4.69) is 10.6 Å². The largest absolute Gasteiger partial charge is 0.497 e. The van der Waals surface area contributed by atoms with Gasteiger partial charge in [0.1, 0.15) is 29.5 Å². The Morgan fingerprint density at radius 3 is 2.39 bits per heavy atom. The number of β-lactam (4-membered cyclic amide) rings is 1. The Morgan fingerprint density at radius 2 is 1.71 bits per heavy atom. The Balaban J connectivity index is 1.37. The van der Waals surface area contributed by atoms with Gasteiger partial charge in [0.05, 0.1) is 22.7 Å². The molecule has 1 unspecified atom stereocenters. The van der Waals surface area contributed by atoms with Crippen molar-refractivity contribution >= 4 is 64.3 Å². The lowest BCUT2D eigenvalue weighted by atomic mass is 10.0. The molecule has 0 bridgehead atoms. The second-order valence-corrected chi connectivity index (χ2v) is 11.0. The highest BCUT2D eigenvalue weighted by Gasteiger charge is 2.55. The number of rotatable bonds is 8. The molecule has 0 spiro atoms. The van der Waals surface area contributed by atoms with Crippen LogP contribution >= 0.6 is 35.0 Å². The quantitative estimate of drug-likeness (QED) is 0.281. The van der Waals surface area contributed by atoms with Crippen LogP contribution in [0.4, 0.5) is 5.69 Å². The van der Waals surface area contributed by atoms with Gasteiger partial charge in [0, 0.05) is 17.0 Å². The van der Waals surface area contributed by atoms with Crippen LogP contribution < -0.4 is 15.4 Å². The number of thioether (sulfide) groups is 1. The SMILES string of the molecule is COc1ccc(COC(=O)C2=C(C(=O)Nc3ccccc3)CS[C@H]3C(NC(=O)c4ccc(Cl)c(Cl)c4)C(=O)N23)cc1. The third-order valence-corrected chi connectivity index (χ3v) is 8.48. The number of hydrogen-bond donors (Lipinski definition) is 2. The number of nitrogens with one attached hydrogen (secondary N) is 2. The summed E-state index contributed by atoms with van der Waals surface area (Å²) in [5.41, 5.74) is 1.39. The fourth-order valence-corrected chi connectivity index (χ4v) is 5.95. The average molecular weight is 612 g/mol. The zero-order chi connectivity index (χ0) is 29.1. The maximum atomic E-state index is 13.4. The summed E-state index contributed by atoms with van der Waals surface area (Å²) in [5, 5.41) is 5.34. The molecule has 2 aliphatic heterocycles. The Kier molecular flexibility index (Phi) is 8.53. The first-order valence-electron chi connectivity index (χ1n) is 12.4. The maximum absolute atomic E-state index is 13.4. The summed E-state index contributed by atoms with van der Waals surface area (Å²) < 4.78 is 10.7. The number of hydrogen-bond acceptors (Lipinski definition) is 7. The van der Waals surface area contributed by atoms with Crippen LogP contribution in [0.5, 0.6) is 5.75 Å². The standard InChI is InChI=1S/C29H23Cl2N3O6S/c1-39-19-10-7-16(8-11-19)14-40-29(38)24-20(26(36)32-18-5-3-2-4-6-18)15-41-28-23(27(37)34(24)28)33-25(35)17-9-12-21(30)22(31)13-17/h2-13,23,28H,14-15H2,1H3,(H,32,36)(H,33,35)/t23?,28-/m0/s1. The molecule has 3 aromatic carbocycles. The Morgan fingerprint density at radius 1 is 0.976 bits per heavy atom. The molecule has 210 valence electrons. The molecule has 0 radical (unpaired) electrons. The minimum atomic E-state index is -0.926. The van der Waals surface area contributed by atoms with E-state index in [1.54, 1.807) is 55.6 Å². The van der Waals surface area contributed by atoms with Crippen LogP contribution in [0.3, 0.4) is 0 Å². The van der Waals surface area contributed by atoms with E-state index in [9.17, 15) is 19.2 Å². The summed E-state index contributed by atoms with van der Waals surface area (Å²) in [4.78, 5) is 54.1. The molecule has 2 N–H and O–H groups in total. The third kappa shape index (κ3) is 6.04. The van der Waals surface area contributed by atoms with E-state index in [1.807, 2.05) is 6.07 Å². The van der Waals surface area contributed by atoms with Crippen molar-refractivity contribution in [3.63, 3.8) is 0 Å². The molecule has 1 fully saturated rings. The van der Waals surface area contributed by atoms with Crippen LogP contribution in [-0.4, -0.2) is 52.9 Å². The van der Waals surface area contributed by atoms with Gasteiger partial charge < -0.3 is 20.1 Å². The highest BCUT2D eigenvalue weighted by molar-refractivity contribution is 8.00. The Hall–Kier alpha value is -3.99. The van der Waals surface area contributed by atoms with Gasteiger partial charge in [-0.15, -0.1) is 11.8 Å². The molecule has 0 aliphatic carbocycles. The molecule has 0 aromatic heterocycles. The summed E-state index contributed by atoms with van der Waals surface area (Å²) >= 11 is 13.2. The first kappa shape index (κ1) is 28.5. The van der Waals surface area contributed by atoms with Crippen LogP contribution in [0.25, 0.3) is 0 Å². The van der Waals surface area contributed by atoms with Gasteiger partial charge in [-0.3, -0.25) is 19.3 Å². The van der Waals surface area contributed by atoms with Crippen molar-refractivity contribution in [2.75, 3.05) is 18.2 Å². The zero-order valence-corrected chi connectivity index (χ0v) is 23.9. The number of carbonyl (C=O) groups excluding carboxylic acids is 4. The van der Waals surface area contributed by atoms with Crippen LogP contribution in [0.2, 0.25) is 10.0 Å². The lowest BCUT2D eigenvalue weighted by molar-refractivity contribution is -0.152. The summed E-state index contributed by atoms with van der Waals surface area (Å²) in [7, 11) is 1.55. The number of para-hydroxylation sites is 1. The predicted molar refractivity (Wildman–Crippen MR) is 156 cm³/mol. The molecule has 9 nitrogen and oxygen atoms in total. The highest BCUT2D eigenvalue weighted by Crippen LogP contribution is 2.41. The van der Waals surface area contributed by atoms with E-state index >= 15 is 0 Å². The van der Waals surface area contributed by atoms with Crippen molar-refractivity contribution in [3.05, 3.63) is 105 Å². The zero-order valence-electron chi connectivity index (χ0n) is 21.6.